The van der Waals surface area contributed by atoms with E-state index in [1.54, 1.807) is 6.07 Å². The second-order valence-electron chi connectivity index (χ2n) is 3.95. The van der Waals surface area contributed by atoms with Gasteiger partial charge in [0.25, 0.3) is 0 Å². The molecule has 0 fully saturated rings. The number of esters is 1. The van der Waals surface area contributed by atoms with Gasteiger partial charge in [0.05, 0.1) is 18.6 Å². The number of benzene rings is 1. The number of ether oxygens (including phenoxy) is 1. The number of halogens is 4. The third kappa shape index (κ3) is 4.92. The van der Waals surface area contributed by atoms with Gasteiger partial charge in [-0.25, -0.2) is 4.79 Å². The standard InChI is InChI=1S/C11H10F4O5S.Na.H/c12-10(13,11(14,15)21(17,18)19)6-7-20-9(16)8-4-2-1-3-5-8;;/h1-5H,6-7H2,(H,17,18,19);;. The zero-order valence-corrected chi connectivity index (χ0v) is 11.1. The summed E-state index contributed by atoms with van der Waals surface area (Å²) in [7, 11) is -6.29. The van der Waals surface area contributed by atoms with E-state index in [-0.39, 0.29) is 35.1 Å². The summed E-state index contributed by atoms with van der Waals surface area (Å²) in [4.78, 5) is 11.4. The molecule has 0 aliphatic heterocycles. The van der Waals surface area contributed by atoms with Crippen LogP contribution < -0.4 is 0 Å². The molecule has 0 amide bonds. The zero-order chi connectivity index (χ0) is 16.3. The fraction of sp³-hybridized carbons (Fsp3) is 0.364. The minimum atomic E-state index is -6.29. The third-order valence-corrected chi connectivity index (χ3v) is 3.36. The molecule has 0 radical (unpaired) electrons. The molecule has 1 N–H and O–H groups in total. The van der Waals surface area contributed by atoms with Crippen LogP contribution in [0, 0.1) is 0 Å². The van der Waals surface area contributed by atoms with Crippen molar-refractivity contribution in [1.29, 1.82) is 0 Å². The van der Waals surface area contributed by atoms with Gasteiger partial charge >= 0.3 is 56.8 Å². The van der Waals surface area contributed by atoms with Crippen molar-refractivity contribution in [2.24, 2.45) is 0 Å². The van der Waals surface area contributed by atoms with Gasteiger partial charge in [0, 0.05) is 0 Å². The Labute approximate surface area is 145 Å². The van der Waals surface area contributed by atoms with Crippen LogP contribution in [0.25, 0.3) is 0 Å². The molecule has 120 valence electrons. The molecular weight excluding hydrogens is 343 g/mol. The van der Waals surface area contributed by atoms with Gasteiger partial charge in [0.2, 0.25) is 0 Å². The van der Waals surface area contributed by atoms with Crippen LogP contribution in [0.2, 0.25) is 0 Å². The van der Waals surface area contributed by atoms with Crippen LogP contribution in [0.5, 0.6) is 0 Å². The Hall–Kier alpha value is -0.680. The van der Waals surface area contributed by atoms with Crippen LogP contribution in [0.1, 0.15) is 16.8 Å². The van der Waals surface area contributed by atoms with Gasteiger partial charge in [-0.1, -0.05) is 18.2 Å². The second kappa shape index (κ2) is 7.73. The number of alkyl halides is 4. The van der Waals surface area contributed by atoms with Crippen molar-refractivity contribution >= 4 is 45.6 Å². The Morgan fingerprint density at radius 3 is 2.09 bits per heavy atom. The normalized spacial score (nSPS) is 12.4. The number of carbonyl (C=O) groups is 1. The molecular formula is C11H11F4NaO5S. The number of hydrogen-bond acceptors (Lipinski definition) is 4. The van der Waals surface area contributed by atoms with Crippen LogP contribution in [-0.4, -0.2) is 66.3 Å². The van der Waals surface area contributed by atoms with Crippen LogP contribution in [0.3, 0.4) is 0 Å². The van der Waals surface area contributed by atoms with Gasteiger partial charge in [-0.05, 0) is 12.1 Å². The Morgan fingerprint density at radius 2 is 1.64 bits per heavy atom. The second-order valence-corrected chi connectivity index (χ2v) is 5.41. The molecule has 0 saturated carbocycles. The predicted molar refractivity (Wildman–Crippen MR) is 69.9 cm³/mol. The molecule has 5 nitrogen and oxygen atoms in total. The van der Waals surface area contributed by atoms with E-state index in [0.717, 1.165) is 0 Å². The third-order valence-electron chi connectivity index (χ3n) is 2.41. The summed E-state index contributed by atoms with van der Waals surface area (Å²) in [6, 6.07) is 7.15. The molecule has 1 aromatic carbocycles. The van der Waals surface area contributed by atoms with Gasteiger partial charge in [0.15, 0.2) is 0 Å². The molecule has 0 spiro atoms. The molecule has 0 saturated heterocycles. The van der Waals surface area contributed by atoms with Crippen molar-refractivity contribution in [1.82, 2.24) is 0 Å². The molecule has 22 heavy (non-hydrogen) atoms. The average molecular weight is 354 g/mol. The first-order valence-corrected chi connectivity index (χ1v) is 6.88. The quantitative estimate of drug-likeness (QED) is 0.364. The first-order valence-electron chi connectivity index (χ1n) is 5.44. The maximum atomic E-state index is 13.1. The van der Waals surface area contributed by atoms with Crippen LogP contribution >= 0.6 is 0 Å². The molecule has 0 aliphatic rings. The van der Waals surface area contributed by atoms with Gasteiger partial charge in [-0.15, -0.1) is 0 Å². The summed E-state index contributed by atoms with van der Waals surface area (Å²) in [5, 5.41) is -5.67. The van der Waals surface area contributed by atoms with E-state index in [1.807, 2.05) is 0 Å². The van der Waals surface area contributed by atoms with Gasteiger partial charge in [-0.2, -0.15) is 26.0 Å². The first-order chi connectivity index (χ1) is 9.49. The average Bonchev–Trinajstić information content (AvgIpc) is 2.38. The summed E-state index contributed by atoms with van der Waals surface area (Å²) < 4.78 is 84.7. The molecule has 1 aromatic rings. The Balaban J connectivity index is 0.00000441. The van der Waals surface area contributed by atoms with Crippen molar-refractivity contribution in [2.75, 3.05) is 6.61 Å². The summed E-state index contributed by atoms with van der Waals surface area (Å²) in [6.07, 6.45) is -1.77. The Kier molecular flexibility index (Phi) is 7.49. The number of hydrogen-bond donors (Lipinski definition) is 1. The van der Waals surface area contributed by atoms with E-state index in [4.69, 9.17) is 4.55 Å². The van der Waals surface area contributed by atoms with Crippen LogP contribution in [0.4, 0.5) is 17.6 Å². The summed E-state index contributed by atoms with van der Waals surface area (Å²) in [5.41, 5.74) is 0.0161. The minimum absolute atomic E-state index is 0. The van der Waals surface area contributed by atoms with Gasteiger partial charge in [-0.3, -0.25) is 4.55 Å². The van der Waals surface area contributed by atoms with E-state index in [9.17, 15) is 30.8 Å². The Bertz CT molecular complexity index is 606. The summed E-state index contributed by atoms with van der Waals surface area (Å²) >= 11 is 0. The molecule has 0 atom stereocenters. The van der Waals surface area contributed by atoms with E-state index in [1.165, 1.54) is 24.3 Å². The summed E-state index contributed by atoms with van der Waals surface area (Å²) in [5.74, 6) is -6.11. The van der Waals surface area contributed by atoms with Crippen molar-refractivity contribution in [3.05, 3.63) is 35.9 Å². The molecule has 0 aliphatic carbocycles. The van der Waals surface area contributed by atoms with Gasteiger partial charge in [0.1, 0.15) is 0 Å². The monoisotopic (exact) mass is 354 g/mol. The number of rotatable bonds is 6. The number of carbonyl (C=O) groups excluding carboxylic acids is 1. The van der Waals surface area contributed by atoms with Crippen molar-refractivity contribution in [3.63, 3.8) is 0 Å². The van der Waals surface area contributed by atoms with Crippen molar-refractivity contribution < 1.29 is 40.1 Å². The topological polar surface area (TPSA) is 80.7 Å². The van der Waals surface area contributed by atoms with Crippen molar-refractivity contribution in [3.8, 4) is 0 Å². The van der Waals surface area contributed by atoms with Crippen LogP contribution in [-0.2, 0) is 14.9 Å². The van der Waals surface area contributed by atoms with Crippen molar-refractivity contribution in [2.45, 2.75) is 17.6 Å². The van der Waals surface area contributed by atoms with E-state index in [2.05, 4.69) is 4.74 Å². The molecule has 0 unspecified atom stereocenters. The molecule has 0 heterocycles. The molecule has 0 aromatic heterocycles. The zero-order valence-electron chi connectivity index (χ0n) is 10.3. The molecule has 1 rings (SSSR count). The molecule has 11 heteroatoms. The first kappa shape index (κ1) is 21.3. The summed E-state index contributed by atoms with van der Waals surface area (Å²) in [6.45, 7) is -1.15. The molecule has 0 bridgehead atoms. The fourth-order valence-corrected chi connectivity index (χ4v) is 1.74. The van der Waals surface area contributed by atoms with E-state index >= 15 is 0 Å². The van der Waals surface area contributed by atoms with Gasteiger partial charge < -0.3 is 4.74 Å². The SMILES string of the molecule is O=C(OCCC(F)(F)C(F)(F)S(=O)(=O)O)c1ccccc1.[NaH]. The fourth-order valence-electron chi connectivity index (χ4n) is 1.26. The van der Waals surface area contributed by atoms with Crippen LogP contribution in [0.15, 0.2) is 30.3 Å². The van der Waals surface area contributed by atoms with E-state index in [0.29, 0.717) is 0 Å². The predicted octanol–water partition coefficient (Wildman–Crippen LogP) is 1.70. The maximum absolute atomic E-state index is 13.1. The van der Waals surface area contributed by atoms with E-state index < -0.39 is 40.3 Å². The Morgan fingerprint density at radius 1 is 1.14 bits per heavy atom.